The molecule has 0 spiro atoms. The minimum Gasteiger partial charge on any atom is -0.384 e. The predicted octanol–water partition coefficient (Wildman–Crippen LogP) is 3.86. The van der Waals surface area contributed by atoms with Crippen LogP contribution in [0.4, 0.5) is 11.5 Å². The van der Waals surface area contributed by atoms with Gasteiger partial charge in [0.05, 0.1) is 0 Å². The van der Waals surface area contributed by atoms with E-state index in [0.717, 1.165) is 29.9 Å². The Balaban J connectivity index is 1.60. The van der Waals surface area contributed by atoms with E-state index in [1.807, 2.05) is 42.5 Å². The van der Waals surface area contributed by atoms with Crippen molar-refractivity contribution in [3.05, 3.63) is 89.6 Å². The molecular weight excluding hydrogens is 284 g/mol. The summed E-state index contributed by atoms with van der Waals surface area (Å²) >= 11 is 0. The lowest BCUT2D eigenvalue weighted by molar-refractivity contribution is 0.220. The number of benzene rings is 2. The molecule has 1 atom stereocenters. The van der Waals surface area contributed by atoms with Crippen LogP contribution in [0.5, 0.6) is 0 Å². The normalized spacial score (nSPS) is 14.6. The molecule has 23 heavy (non-hydrogen) atoms. The first-order chi connectivity index (χ1) is 11.3. The van der Waals surface area contributed by atoms with Crippen LogP contribution in [-0.4, -0.2) is 16.6 Å². The monoisotopic (exact) mass is 302 g/mol. The molecule has 2 aromatic carbocycles. The highest BCUT2D eigenvalue weighted by atomic mass is 16.3. The molecule has 0 bridgehead atoms. The molecule has 1 N–H and O–H groups in total. The Morgan fingerprint density at radius 2 is 1.65 bits per heavy atom. The van der Waals surface area contributed by atoms with Gasteiger partial charge in [-0.1, -0.05) is 54.6 Å². The van der Waals surface area contributed by atoms with E-state index in [9.17, 15) is 5.11 Å². The Hall–Kier alpha value is -2.65. The van der Waals surface area contributed by atoms with E-state index in [4.69, 9.17) is 0 Å². The zero-order valence-electron chi connectivity index (χ0n) is 12.8. The highest BCUT2D eigenvalue weighted by molar-refractivity contribution is 5.67. The van der Waals surface area contributed by atoms with Crippen LogP contribution in [0.15, 0.2) is 72.9 Å². The highest BCUT2D eigenvalue weighted by Crippen LogP contribution is 2.33. The first-order valence-corrected chi connectivity index (χ1v) is 7.87. The molecule has 0 amide bonds. The number of nitrogens with zero attached hydrogens (tertiary/aromatic N) is 2. The van der Waals surface area contributed by atoms with Crippen molar-refractivity contribution >= 4 is 11.5 Å². The van der Waals surface area contributed by atoms with Crippen molar-refractivity contribution < 1.29 is 5.11 Å². The maximum Gasteiger partial charge on any atom is 0.132 e. The van der Waals surface area contributed by atoms with Crippen LogP contribution in [0, 0.1) is 0 Å². The van der Waals surface area contributed by atoms with E-state index in [1.54, 1.807) is 6.20 Å². The van der Waals surface area contributed by atoms with E-state index in [0.29, 0.717) is 0 Å². The number of aliphatic hydroxyl groups excluding tert-OH is 1. The van der Waals surface area contributed by atoms with Gasteiger partial charge in [-0.25, -0.2) is 4.98 Å². The summed E-state index contributed by atoms with van der Waals surface area (Å²) in [6.45, 7) is 0.951. The Bertz CT molecular complexity index is 799. The molecule has 1 aromatic heterocycles. The van der Waals surface area contributed by atoms with Gasteiger partial charge >= 0.3 is 0 Å². The molecule has 0 aliphatic carbocycles. The molecule has 3 nitrogen and oxygen atoms in total. The maximum absolute atomic E-state index is 10.5. The molecule has 0 saturated carbocycles. The second-order valence-corrected chi connectivity index (χ2v) is 5.79. The van der Waals surface area contributed by atoms with Gasteiger partial charge in [0.1, 0.15) is 11.9 Å². The molecule has 0 saturated heterocycles. The number of fused-ring (bicyclic) bond motifs is 1. The Kier molecular flexibility index (Phi) is 3.56. The van der Waals surface area contributed by atoms with Gasteiger partial charge in [0.2, 0.25) is 0 Å². The van der Waals surface area contributed by atoms with Crippen LogP contribution < -0.4 is 4.90 Å². The molecule has 1 unspecified atom stereocenters. The lowest BCUT2D eigenvalue weighted by atomic mass is 10.0. The Morgan fingerprint density at radius 3 is 2.43 bits per heavy atom. The Morgan fingerprint density at radius 1 is 0.870 bits per heavy atom. The summed E-state index contributed by atoms with van der Waals surface area (Å²) in [5.41, 5.74) is 4.29. The van der Waals surface area contributed by atoms with Gasteiger partial charge in [-0.15, -0.1) is 0 Å². The minimum absolute atomic E-state index is 0.636. The maximum atomic E-state index is 10.5. The number of hydrogen-bond acceptors (Lipinski definition) is 3. The summed E-state index contributed by atoms with van der Waals surface area (Å²) < 4.78 is 0. The summed E-state index contributed by atoms with van der Waals surface area (Å²) in [5.74, 6) is 0.930. The molecule has 1 aliphatic rings. The number of rotatable bonds is 3. The predicted molar refractivity (Wildman–Crippen MR) is 91.9 cm³/mol. The van der Waals surface area contributed by atoms with Gasteiger partial charge in [-0.05, 0) is 29.7 Å². The summed E-state index contributed by atoms with van der Waals surface area (Å²) in [6, 6.07) is 22.1. The average Bonchev–Trinajstić information content (AvgIpc) is 3.06. The van der Waals surface area contributed by atoms with Crippen molar-refractivity contribution in [2.24, 2.45) is 0 Å². The topological polar surface area (TPSA) is 36.4 Å². The first-order valence-electron chi connectivity index (χ1n) is 7.87. The van der Waals surface area contributed by atoms with Crippen LogP contribution >= 0.6 is 0 Å². The molecule has 0 fully saturated rings. The fraction of sp³-hybridized carbons (Fsp3) is 0.150. The molecule has 3 aromatic rings. The molecule has 2 heterocycles. The average molecular weight is 302 g/mol. The van der Waals surface area contributed by atoms with E-state index >= 15 is 0 Å². The standard InChI is InChI=1S/C20H18N2O/c23-20(16-7-2-1-3-8-16)17-10-11-19(21-14-17)22-13-12-15-6-4-5-9-18(15)22/h1-11,14,20,23H,12-13H2. The van der Waals surface area contributed by atoms with Gasteiger partial charge in [0.25, 0.3) is 0 Å². The molecule has 1 aliphatic heterocycles. The molecular formula is C20H18N2O. The second-order valence-electron chi connectivity index (χ2n) is 5.79. The van der Waals surface area contributed by atoms with Crippen molar-refractivity contribution in [2.45, 2.75) is 12.5 Å². The van der Waals surface area contributed by atoms with Gasteiger partial charge in [-0.3, -0.25) is 0 Å². The van der Waals surface area contributed by atoms with Crippen LogP contribution in [-0.2, 0) is 6.42 Å². The van der Waals surface area contributed by atoms with E-state index < -0.39 is 6.10 Å². The van der Waals surface area contributed by atoms with Gasteiger partial charge in [0, 0.05) is 24.0 Å². The number of pyridine rings is 1. The van der Waals surface area contributed by atoms with E-state index in [1.165, 1.54) is 11.3 Å². The van der Waals surface area contributed by atoms with Gasteiger partial charge in [-0.2, -0.15) is 0 Å². The molecule has 114 valence electrons. The zero-order chi connectivity index (χ0) is 15.6. The van der Waals surface area contributed by atoms with Crippen molar-refractivity contribution in [1.29, 1.82) is 0 Å². The third kappa shape index (κ3) is 2.60. The number of aliphatic hydroxyl groups is 1. The molecule has 4 rings (SSSR count). The largest absolute Gasteiger partial charge is 0.384 e. The van der Waals surface area contributed by atoms with Crippen LogP contribution in [0.2, 0.25) is 0 Å². The lowest BCUT2D eigenvalue weighted by Gasteiger charge is -2.19. The molecule has 0 radical (unpaired) electrons. The number of hydrogen-bond donors (Lipinski definition) is 1. The number of para-hydroxylation sites is 1. The summed E-state index contributed by atoms with van der Waals surface area (Å²) in [6.07, 6.45) is 2.18. The SMILES string of the molecule is OC(c1ccccc1)c1ccc(N2CCc3ccccc32)nc1. The smallest absolute Gasteiger partial charge is 0.132 e. The molecule has 3 heteroatoms. The first kappa shape index (κ1) is 14.0. The summed E-state index contributed by atoms with van der Waals surface area (Å²) in [5, 5.41) is 10.5. The van der Waals surface area contributed by atoms with E-state index in [2.05, 4.69) is 34.1 Å². The number of aromatic nitrogens is 1. The van der Waals surface area contributed by atoms with Crippen molar-refractivity contribution in [3.63, 3.8) is 0 Å². The minimum atomic E-state index is -0.636. The lowest BCUT2D eigenvalue weighted by Crippen LogP contribution is -2.15. The number of anilines is 2. The third-order valence-electron chi connectivity index (χ3n) is 4.37. The van der Waals surface area contributed by atoms with Crippen molar-refractivity contribution in [1.82, 2.24) is 4.98 Å². The third-order valence-corrected chi connectivity index (χ3v) is 4.37. The van der Waals surface area contributed by atoms with Crippen LogP contribution in [0.3, 0.4) is 0 Å². The fourth-order valence-electron chi connectivity index (χ4n) is 3.12. The zero-order valence-corrected chi connectivity index (χ0v) is 12.8. The van der Waals surface area contributed by atoms with Gasteiger partial charge in [0.15, 0.2) is 0 Å². The highest BCUT2D eigenvalue weighted by Gasteiger charge is 2.21. The van der Waals surface area contributed by atoms with Crippen molar-refractivity contribution in [3.8, 4) is 0 Å². The Labute approximate surface area is 135 Å². The fourth-order valence-corrected chi connectivity index (χ4v) is 3.12. The second kappa shape index (κ2) is 5.86. The van der Waals surface area contributed by atoms with Crippen LogP contribution in [0.1, 0.15) is 22.8 Å². The van der Waals surface area contributed by atoms with Crippen molar-refractivity contribution in [2.75, 3.05) is 11.4 Å². The summed E-state index contributed by atoms with van der Waals surface area (Å²) in [4.78, 5) is 6.80. The quantitative estimate of drug-likeness (QED) is 0.798. The summed E-state index contributed by atoms with van der Waals surface area (Å²) in [7, 11) is 0. The van der Waals surface area contributed by atoms with E-state index in [-0.39, 0.29) is 0 Å². The van der Waals surface area contributed by atoms with Gasteiger partial charge < -0.3 is 10.0 Å². The van der Waals surface area contributed by atoms with Crippen LogP contribution in [0.25, 0.3) is 0 Å².